The van der Waals surface area contributed by atoms with Crippen molar-refractivity contribution >= 4 is 21.6 Å². The smallest absolute Gasteiger partial charge is 0.0539 e. The minimum atomic E-state index is 0.549. The summed E-state index contributed by atoms with van der Waals surface area (Å²) < 4.78 is 2.87. The zero-order chi connectivity index (χ0) is 13.1. The molecule has 0 radical (unpaired) electrons. The zero-order valence-corrected chi connectivity index (χ0v) is 12.2. The van der Waals surface area contributed by atoms with Gasteiger partial charge in [0.25, 0.3) is 0 Å². The van der Waals surface area contributed by atoms with E-state index in [1.807, 2.05) is 24.1 Å². The number of aryl methyl sites for hydroxylation is 1. The van der Waals surface area contributed by atoms with E-state index in [4.69, 9.17) is 5.73 Å². The Bertz CT molecular complexity index is 536. The van der Waals surface area contributed by atoms with Crippen molar-refractivity contribution in [1.29, 1.82) is 0 Å². The van der Waals surface area contributed by atoms with Crippen molar-refractivity contribution in [3.8, 4) is 0 Å². The van der Waals surface area contributed by atoms with Gasteiger partial charge in [0.05, 0.1) is 6.20 Å². The van der Waals surface area contributed by atoms with Gasteiger partial charge in [-0.05, 0) is 17.7 Å². The molecule has 0 spiro atoms. The molecule has 18 heavy (non-hydrogen) atoms. The van der Waals surface area contributed by atoms with Gasteiger partial charge in [-0.15, -0.1) is 0 Å². The third-order valence-electron chi connectivity index (χ3n) is 2.88. The topological polar surface area (TPSA) is 47.1 Å². The fourth-order valence-corrected chi connectivity index (χ4v) is 2.39. The summed E-state index contributed by atoms with van der Waals surface area (Å²) in [5, 5.41) is 4.17. The van der Waals surface area contributed by atoms with E-state index in [-0.39, 0.29) is 0 Å². The molecule has 4 nitrogen and oxygen atoms in total. The third-order valence-corrected chi connectivity index (χ3v) is 3.61. The molecule has 0 atom stereocenters. The second kappa shape index (κ2) is 5.54. The molecule has 0 saturated heterocycles. The predicted molar refractivity (Wildman–Crippen MR) is 77.3 cm³/mol. The van der Waals surface area contributed by atoms with Crippen LogP contribution in [-0.4, -0.2) is 16.8 Å². The first-order valence-electron chi connectivity index (χ1n) is 5.77. The number of aromatic nitrogens is 2. The van der Waals surface area contributed by atoms with Gasteiger partial charge in [-0.25, -0.2) is 0 Å². The standard InChI is InChI=1S/C13H17BrN4/c1-17(8-10-7-16-18(2)9-10)12-4-3-11(6-15)13(14)5-12/h3-5,7,9H,6,8,15H2,1-2H3. The molecule has 96 valence electrons. The van der Waals surface area contributed by atoms with Gasteiger partial charge < -0.3 is 10.6 Å². The summed E-state index contributed by atoms with van der Waals surface area (Å²) in [6.45, 7) is 1.38. The maximum Gasteiger partial charge on any atom is 0.0539 e. The molecule has 0 aliphatic rings. The first kappa shape index (κ1) is 13.1. The molecule has 0 aliphatic carbocycles. The Labute approximate surface area is 116 Å². The van der Waals surface area contributed by atoms with Gasteiger partial charge in [0.15, 0.2) is 0 Å². The summed E-state index contributed by atoms with van der Waals surface area (Å²) in [4.78, 5) is 2.18. The summed E-state index contributed by atoms with van der Waals surface area (Å²) in [6.07, 6.45) is 3.92. The third kappa shape index (κ3) is 2.91. The van der Waals surface area contributed by atoms with Crippen LogP contribution in [0.3, 0.4) is 0 Å². The van der Waals surface area contributed by atoms with Crippen LogP contribution >= 0.6 is 15.9 Å². The molecule has 1 aromatic heterocycles. The Hall–Kier alpha value is -1.33. The van der Waals surface area contributed by atoms with Crippen molar-refractivity contribution in [2.75, 3.05) is 11.9 Å². The van der Waals surface area contributed by atoms with Crippen LogP contribution in [0.15, 0.2) is 35.1 Å². The predicted octanol–water partition coefficient (Wildman–Crippen LogP) is 2.28. The Balaban J connectivity index is 2.13. The highest BCUT2D eigenvalue weighted by atomic mass is 79.9. The van der Waals surface area contributed by atoms with Crippen LogP contribution in [-0.2, 0) is 20.1 Å². The summed E-state index contributed by atoms with van der Waals surface area (Å²) in [5.41, 5.74) is 9.12. The van der Waals surface area contributed by atoms with E-state index < -0.39 is 0 Å². The zero-order valence-electron chi connectivity index (χ0n) is 10.6. The van der Waals surface area contributed by atoms with Crippen LogP contribution in [0.1, 0.15) is 11.1 Å². The molecular formula is C13H17BrN4. The normalized spacial score (nSPS) is 10.7. The van der Waals surface area contributed by atoms with Crippen LogP contribution in [0, 0.1) is 0 Å². The van der Waals surface area contributed by atoms with E-state index in [2.05, 4.69) is 51.2 Å². The number of hydrogen-bond acceptors (Lipinski definition) is 3. The highest BCUT2D eigenvalue weighted by molar-refractivity contribution is 9.10. The second-order valence-corrected chi connectivity index (χ2v) is 5.21. The maximum atomic E-state index is 5.65. The molecule has 2 rings (SSSR count). The first-order valence-corrected chi connectivity index (χ1v) is 6.56. The average Bonchev–Trinajstić information content (AvgIpc) is 2.74. The van der Waals surface area contributed by atoms with Crippen molar-refractivity contribution in [3.05, 3.63) is 46.2 Å². The molecular weight excluding hydrogens is 292 g/mol. The van der Waals surface area contributed by atoms with Gasteiger partial charge in [0.1, 0.15) is 0 Å². The lowest BCUT2D eigenvalue weighted by atomic mass is 10.2. The molecule has 0 unspecified atom stereocenters. The quantitative estimate of drug-likeness (QED) is 0.942. The summed E-state index contributed by atoms with van der Waals surface area (Å²) in [6, 6.07) is 6.24. The van der Waals surface area contributed by atoms with Crippen LogP contribution < -0.4 is 10.6 Å². The van der Waals surface area contributed by atoms with Gasteiger partial charge in [0.2, 0.25) is 0 Å². The van der Waals surface area contributed by atoms with Crippen molar-refractivity contribution in [2.24, 2.45) is 12.8 Å². The molecule has 0 fully saturated rings. The maximum absolute atomic E-state index is 5.65. The Morgan fingerprint density at radius 2 is 2.22 bits per heavy atom. The van der Waals surface area contributed by atoms with Gasteiger partial charge in [0, 0.05) is 49.1 Å². The summed E-state index contributed by atoms with van der Waals surface area (Å²) in [5.74, 6) is 0. The van der Waals surface area contributed by atoms with Crippen LogP contribution in [0.5, 0.6) is 0 Å². The van der Waals surface area contributed by atoms with Crippen molar-refractivity contribution < 1.29 is 0 Å². The van der Waals surface area contributed by atoms with Crippen molar-refractivity contribution in [3.63, 3.8) is 0 Å². The number of nitrogens with zero attached hydrogens (tertiary/aromatic N) is 3. The lowest BCUT2D eigenvalue weighted by Gasteiger charge is -2.19. The molecule has 0 aliphatic heterocycles. The van der Waals surface area contributed by atoms with Crippen LogP contribution in [0.2, 0.25) is 0 Å². The first-order chi connectivity index (χ1) is 8.60. The number of benzene rings is 1. The lowest BCUT2D eigenvalue weighted by molar-refractivity contribution is 0.766. The molecule has 1 aromatic carbocycles. The number of hydrogen-bond donors (Lipinski definition) is 1. The van der Waals surface area contributed by atoms with E-state index in [1.165, 1.54) is 5.56 Å². The molecule has 2 N–H and O–H groups in total. The average molecular weight is 309 g/mol. The number of nitrogens with two attached hydrogens (primary N) is 1. The van der Waals surface area contributed by atoms with E-state index in [0.717, 1.165) is 22.3 Å². The van der Waals surface area contributed by atoms with E-state index in [9.17, 15) is 0 Å². The molecule has 1 heterocycles. The SMILES string of the molecule is CN(Cc1cnn(C)c1)c1ccc(CN)c(Br)c1. The monoisotopic (exact) mass is 308 g/mol. The van der Waals surface area contributed by atoms with Crippen LogP contribution in [0.4, 0.5) is 5.69 Å². The summed E-state index contributed by atoms with van der Waals surface area (Å²) >= 11 is 3.54. The van der Waals surface area contributed by atoms with E-state index in [0.29, 0.717) is 6.54 Å². The molecule has 5 heteroatoms. The largest absolute Gasteiger partial charge is 0.370 e. The Morgan fingerprint density at radius 3 is 2.78 bits per heavy atom. The molecule has 0 bridgehead atoms. The molecule has 2 aromatic rings. The van der Waals surface area contributed by atoms with Gasteiger partial charge in [-0.2, -0.15) is 5.10 Å². The van der Waals surface area contributed by atoms with Gasteiger partial charge >= 0.3 is 0 Å². The number of rotatable bonds is 4. The highest BCUT2D eigenvalue weighted by Crippen LogP contribution is 2.24. The Kier molecular flexibility index (Phi) is 4.04. The minimum absolute atomic E-state index is 0.549. The lowest BCUT2D eigenvalue weighted by Crippen LogP contribution is -2.16. The molecule has 0 amide bonds. The molecule has 0 saturated carbocycles. The fraction of sp³-hybridized carbons (Fsp3) is 0.308. The number of halogens is 1. The van der Waals surface area contributed by atoms with Crippen molar-refractivity contribution in [2.45, 2.75) is 13.1 Å². The minimum Gasteiger partial charge on any atom is -0.370 e. The second-order valence-electron chi connectivity index (χ2n) is 4.36. The van der Waals surface area contributed by atoms with Gasteiger partial charge in [-0.1, -0.05) is 22.0 Å². The number of anilines is 1. The van der Waals surface area contributed by atoms with Crippen molar-refractivity contribution in [1.82, 2.24) is 9.78 Å². The van der Waals surface area contributed by atoms with E-state index >= 15 is 0 Å². The fourth-order valence-electron chi connectivity index (χ4n) is 1.86. The highest BCUT2D eigenvalue weighted by Gasteiger charge is 2.06. The summed E-state index contributed by atoms with van der Waals surface area (Å²) in [7, 11) is 3.99. The van der Waals surface area contributed by atoms with Gasteiger partial charge in [-0.3, -0.25) is 4.68 Å². The Morgan fingerprint density at radius 1 is 1.44 bits per heavy atom. The van der Waals surface area contributed by atoms with Crippen LogP contribution in [0.25, 0.3) is 0 Å². The van der Waals surface area contributed by atoms with E-state index in [1.54, 1.807) is 0 Å².